The summed E-state index contributed by atoms with van der Waals surface area (Å²) in [5.41, 5.74) is 0.647. The van der Waals surface area contributed by atoms with Crippen molar-refractivity contribution in [3.8, 4) is 11.3 Å². The van der Waals surface area contributed by atoms with Crippen molar-refractivity contribution in [1.82, 2.24) is 10.3 Å². The SMILES string of the molecule is CCC(C)(CC1=CNC(C(C)(O)Cc2ccc(-c3ccc(F)cn3)cc2)=CCC1)C(F)(F)F. The largest absolute Gasteiger partial charge is 0.394 e. The van der Waals surface area contributed by atoms with E-state index in [0.29, 0.717) is 36.2 Å². The third-order valence-corrected chi connectivity index (χ3v) is 6.43. The van der Waals surface area contributed by atoms with Crippen LogP contribution in [0.25, 0.3) is 11.3 Å². The second-order valence-electron chi connectivity index (χ2n) is 9.20. The first-order valence-electron chi connectivity index (χ1n) is 11.1. The van der Waals surface area contributed by atoms with Crippen LogP contribution in [0.5, 0.6) is 0 Å². The fraction of sp³-hybridized carbons (Fsp3) is 0.423. The number of nitrogens with zero attached hydrogens (tertiary/aromatic N) is 1. The van der Waals surface area contributed by atoms with Crippen molar-refractivity contribution in [3.05, 3.63) is 77.5 Å². The molecule has 0 fully saturated rings. The Balaban J connectivity index is 1.69. The highest BCUT2D eigenvalue weighted by Gasteiger charge is 2.49. The molecule has 2 aromatic rings. The fourth-order valence-corrected chi connectivity index (χ4v) is 3.99. The van der Waals surface area contributed by atoms with Gasteiger partial charge in [0.25, 0.3) is 0 Å². The van der Waals surface area contributed by atoms with E-state index >= 15 is 0 Å². The van der Waals surface area contributed by atoms with E-state index in [1.165, 1.54) is 13.0 Å². The Hall–Kier alpha value is -2.67. The van der Waals surface area contributed by atoms with E-state index in [-0.39, 0.29) is 12.8 Å². The Labute approximate surface area is 192 Å². The maximum atomic E-state index is 13.5. The normalized spacial score (nSPS) is 18.3. The van der Waals surface area contributed by atoms with Crippen LogP contribution in [0.15, 0.2) is 66.1 Å². The zero-order valence-electron chi connectivity index (χ0n) is 19.1. The second kappa shape index (κ2) is 9.67. The molecule has 1 aromatic carbocycles. The van der Waals surface area contributed by atoms with Crippen LogP contribution >= 0.6 is 0 Å². The monoisotopic (exact) mass is 462 g/mol. The molecule has 0 bridgehead atoms. The van der Waals surface area contributed by atoms with Gasteiger partial charge in [-0.1, -0.05) is 49.8 Å². The number of halogens is 4. The minimum atomic E-state index is -4.27. The molecule has 2 atom stereocenters. The standard InChI is InChI=1S/C26H30F4N2O/c1-4-24(2,26(28,29)30)14-19-6-5-7-23(32-16-19)25(3,33)15-18-8-10-20(11-9-18)22-13-12-21(27)17-31-22/h7-13,16-17,32-33H,4-6,14-15H2,1-3H3. The number of pyridine rings is 1. The predicted octanol–water partition coefficient (Wildman–Crippen LogP) is 6.70. The molecule has 2 N–H and O–H groups in total. The van der Waals surface area contributed by atoms with Crippen LogP contribution in [-0.2, 0) is 6.42 Å². The maximum Gasteiger partial charge on any atom is 0.394 e. The van der Waals surface area contributed by atoms with E-state index in [2.05, 4.69) is 10.3 Å². The maximum absolute atomic E-state index is 13.5. The predicted molar refractivity (Wildman–Crippen MR) is 122 cm³/mol. The number of aliphatic hydroxyl groups is 1. The summed E-state index contributed by atoms with van der Waals surface area (Å²) in [4.78, 5) is 4.07. The first-order valence-corrected chi connectivity index (χ1v) is 11.1. The van der Waals surface area contributed by atoms with Crippen LogP contribution in [0.3, 0.4) is 0 Å². The van der Waals surface area contributed by atoms with E-state index in [1.54, 1.807) is 26.1 Å². The van der Waals surface area contributed by atoms with Gasteiger partial charge >= 0.3 is 6.18 Å². The number of benzene rings is 1. The van der Waals surface area contributed by atoms with Gasteiger partial charge in [0.2, 0.25) is 0 Å². The Morgan fingerprint density at radius 2 is 1.73 bits per heavy atom. The van der Waals surface area contributed by atoms with Crippen molar-refractivity contribution in [2.24, 2.45) is 5.41 Å². The van der Waals surface area contributed by atoms with E-state index in [9.17, 15) is 22.7 Å². The molecule has 1 aliphatic rings. The molecule has 178 valence electrons. The molecule has 2 unspecified atom stereocenters. The molecular weight excluding hydrogens is 432 g/mol. The molecule has 1 aliphatic heterocycles. The quantitative estimate of drug-likeness (QED) is 0.450. The third-order valence-electron chi connectivity index (χ3n) is 6.43. The lowest BCUT2D eigenvalue weighted by atomic mass is 9.79. The van der Waals surface area contributed by atoms with Gasteiger partial charge in [0, 0.05) is 23.9 Å². The molecule has 0 saturated carbocycles. The highest BCUT2D eigenvalue weighted by atomic mass is 19.4. The summed E-state index contributed by atoms with van der Waals surface area (Å²) in [5.74, 6) is -0.398. The van der Waals surface area contributed by atoms with Gasteiger partial charge < -0.3 is 10.4 Å². The molecular formula is C26H30F4N2O. The summed E-state index contributed by atoms with van der Waals surface area (Å²) >= 11 is 0. The van der Waals surface area contributed by atoms with Crippen LogP contribution in [0.1, 0.15) is 52.0 Å². The average molecular weight is 463 g/mol. The number of aromatic nitrogens is 1. The highest BCUT2D eigenvalue weighted by Crippen LogP contribution is 2.46. The number of allylic oxidation sites excluding steroid dienone is 2. The summed E-state index contributed by atoms with van der Waals surface area (Å²) in [6.07, 6.45) is 1.70. The summed E-state index contributed by atoms with van der Waals surface area (Å²) in [6.45, 7) is 4.50. The third kappa shape index (κ3) is 6.02. The van der Waals surface area contributed by atoms with Crippen LogP contribution in [-0.4, -0.2) is 21.9 Å². The van der Waals surface area contributed by atoms with Crippen molar-refractivity contribution < 1.29 is 22.7 Å². The van der Waals surface area contributed by atoms with E-state index in [0.717, 1.165) is 17.3 Å². The Morgan fingerprint density at radius 3 is 2.30 bits per heavy atom. The first-order chi connectivity index (χ1) is 15.4. The van der Waals surface area contributed by atoms with Crippen molar-refractivity contribution in [1.29, 1.82) is 0 Å². The Kier molecular flexibility index (Phi) is 7.32. The van der Waals surface area contributed by atoms with Gasteiger partial charge in [0.15, 0.2) is 0 Å². The summed E-state index contributed by atoms with van der Waals surface area (Å²) in [7, 11) is 0. The Bertz CT molecular complexity index is 1010. The number of nitrogens with one attached hydrogen (secondary N) is 1. The van der Waals surface area contributed by atoms with Gasteiger partial charge in [-0.25, -0.2) is 4.39 Å². The van der Waals surface area contributed by atoms with Gasteiger partial charge in [-0.2, -0.15) is 13.2 Å². The van der Waals surface area contributed by atoms with Crippen molar-refractivity contribution in [2.45, 2.75) is 64.7 Å². The second-order valence-corrected chi connectivity index (χ2v) is 9.20. The van der Waals surface area contributed by atoms with Crippen LogP contribution in [0.2, 0.25) is 0 Å². The smallest absolute Gasteiger partial charge is 0.384 e. The minimum absolute atomic E-state index is 0.00920. The van der Waals surface area contributed by atoms with Crippen molar-refractivity contribution in [2.75, 3.05) is 0 Å². The Morgan fingerprint density at radius 1 is 1.03 bits per heavy atom. The minimum Gasteiger partial charge on any atom is -0.384 e. The van der Waals surface area contributed by atoms with E-state index < -0.39 is 23.0 Å². The highest BCUT2D eigenvalue weighted by molar-refractivity contribution is 5.59. The van der Waals surface area contributed by atoms with E-state index in [1.807, 2.05) is 30.3 Å². The summed E-state index contributed by atoms with van der Waals surface area (Å²) in [6, 6.07) is 10.4. The molecule has 7 heteroatoms. The zero-order valence-corrected chi connectivity index (χ0v) is 19.1. The lowest BCUT2D eigenvalue weighted by molar-refractivity contribution is -0.218. The number of alkyl halides is 3. The number of hydrogen-bond acceptors (Lipinski definition) is 3. The molecule has 2 heterocycles. The molecule has 0 amide bonds. The van der Waals surface area contributed by atoms with Crippen molar-refractivity contribution in [3.63, 3.8) is 0 Å². The molecule has 0 saturated heterocycles. The fourth-order valence-electron chi connectivity index (χ4n) is 3.99. The molecule has 3 nitrogen and oxygen atoms in total. The van der Waals surface area contributed by atoms with Crippen molar-refractivity contribution >= 4 is 0 Å². The molecule has 0 aliphatic carbocycles. The van der Waals surface area contributed by atoms with Gasteiger partial charge in [0.1, 0.15) is 11.4 Å². The van der Waals surface area contributed by atoms with Gasteiger partial charge in [0.05, 0.1) is 17.3 Å². The molecule has 0 radical (unpaired) electrons. The van der Waals surface area contributed by atoms with E-state index in [4.69, 9.17) is 0 Å². The first kappa shape index (κ1) is 25.0. The number of hydrogen-bond donors (Lipinski definition) is 2. The lowest BCUT2D eigenvalue weighted by Gasteiger charge is -2.32. The van der Waals surface area contributed by atoms with Gasteiger partial charge in [-0.05, 0) is 50.3 Å². The van der Waals surface area contributed by atoms with Crippen LogP contribution < -0.4 is 5.32 Å². The summed E-state index contributed by atoms with van der Waals surface area (Å²) < 4.78 is 53.6. The molecule has 1 aromatic heterocycles. The van der Waals surface area contributed by atoms with Gasteiger partial charge in [-0.3, -0.25) is 4.98 Å². The van der Waals surface area contributed by atoms with Crippen LogP contribution in [0, 0.1) is 11.2 Å². The summed E-state index contributed by atoms with van der Waals surface area (Å²) in [5, 5.41) is 14.2. The van der Waals surface area contributed by atoms with Crippen LogP contribution in [0.4, 0.5) is 17.6 Å². The lowest BCUT2D eigenvalue weighted by Crippen LogP contribution is -2.36. The van der Waals surface area contributed by atoms with Gasteiger partial charge in [-0.15, -0.1) is 0 Å². The zero-order chi connectivity index (χ0) is 24.3. The average Bonchev–Trinajstić information content (AvgIpc) is 3.00. The molecule has 3 rings (SSSR count). The molecule has 0 spiro atoms. The number of rotatable bonds is 7. The topological polar surface area (TPSA) is 45.1 Å². The molecule has 33 heavy (non-hydrogen) atoms.